The van der Waals surface area contributed by atoms with Crippen molar-refractivity contribution in [3.05, 3.63) is 59.4 Å². The first kappa shape index (κ1) is 19.4. The van der Waals surface area contributed by atoms with E-state index < -0.39 is 0 Å². The Morgan fingerprint density at radius 1 is 1.03 bits per heavy atom. The Kier molecular flexibility index (Phi) is 5.26. The van der Waals surface area contributed by atoms with Gasteiger partial charge in [-0.3, -0.25) is 9.59 Å². The third-order valence-corrected chi connectivity index (χ3v) is 5.46. The van der Waals surface area contributed by atoms with Gasteiger partial charge in [-0.25, -0.2) is 4.39 Å². The molecule has 2 fully saturated rings. The summed E-state index contributed by atoms with van der Waals surface area (Å²) in [5, 5.41) is 2.99. The molecule has 2 aliphatic rings. The van der Waals surface area contributed by atoms with Crippen LogP contribution in [-0.2, 0) is 11.3 Å². The van der Waals surface area contributed by atoms with E-state index in [9.17, 15) is 14.0 Å². The molecule has 2 aliphatic carbocycles. The highest BCUT2D eigenvalue weighted by Gasteiger charge is 2.34. The Balaban J connectivity index is 1.59. The van der Waals surface area contributed by atoms with Gasteiger partial charge in [0, 0.05) is 49.5 Å². The number of carbonyl (C=O) groups is 2. The monoisotopic (exact) mass is 395 g/mol. The number of hydrogen-bond donors (Lipinski definition) is 1. The summed E-state index contributed by atoms with van der Waals surface area (Å²) < 4.78 is 13.3. The van der Waals surface area contributed by atoms with Gasteiger partial charge in [0.05, 0.1) is 0 Å². The summed E-state index contributed by atoms with van der Waals surface area (Å²) >= 11 is 0. The fraction of sp³-hybridized carbons (Fsp3) is 0.391. The van der Waals surface area contributed by atoms with Crippen molar-refractivity contribution in [3.63, 3.8) is 0 Å². The standard InChI is InChI=1S/C23H26FN3O2/c1-26(2)21-12-9-19(25-22(28)15-3-4-15)13-17(21)14-27(20-10-11-20)23(29)16-5-7-18(24)8-6-16/h5-9,12-13,15,20H,3-4,10-11,14H2,1-2H3,(H,25,28). The van der Waals surface area contributed by atoms with Crippen LogP contribution in [0.1, 0.15) is 41.6 Å². The molecule has 152 valence electrons. The molecule has 5 nitrogen and oxygen atoms in total. The van der Waals surface area contributed by atoms with Gasteiger partial charge in [-0.05, 0) is 73.7 Å². The summed E-state index contributed by atoms with van der Waals surface area (Å²) in [4.78, 5) is 29.1. The van der Waals surface area contributed by atoms with Crippen LogP contribution in [0.25, 0.3) is 0 Å². The minimum atomic E-state index is -0.353. The van der Waals surface area contributed by atoms with Gasteiger partial charge in [-0.1, -0.05) is 0 Å². The summed E-state index contributed by atoms with van der Waals surface area (Å²) in [7, 11) is 3.93. The van der Waals surface area contributed by atoms with Crippen molar-refractivity contribution in [2.24, 2.45) is 5.92 Å². The van der Waals surface area contributed by atoms with Crippen LogP contribution in [0.4, 0.5) is 15.8 Å². The average Bonchev–Trinajstić information content (AvgIpc) is 3.58. The topological polar surface area (TPSA) is 52.7 Å². The third kappa shape index (κ3) is 4.58. The summed E-state index contributed by atoms with van der Waals surface area (Å²) in [6.07, 6.45) is 3.86. The summed E-state index contributed by atoms with van der Waals surface area (Å²) in [6.45, 7) is 0.446. The van der Waals surface area contributed by atoms with Crippen molar-refractivity contribution >= 4 is 23.2 Å². The third-order valence-electron chi connectivity index (χ3n) is 5.46. The van der Waals surface area contributed by atoms with E-state index >= 15 is 0 Å². The number of hydrogen-bond acceptors (Lipinski definition) is 3. The van der Waals surface area contributed by atoms with Gasteiger partial charge in [0.15, 0.2) is 0 Å². The van der Waals surface area contributed by atoms with Gasteiger partial charge in [-0.2, -0.15) is 0 Å². The van der Waals surface area contributed by atoms with Crippen LogP contribution < -0.4 is 10.2 Å². The fourth-order valence-corrected chi connectivity index (χ4v) is 3.51. The summed E-state index contributed by atoms with van der Waals surface area (Å²) in [5.41, 5.74) is 3.23. The molecule has 4 rings (SSSR count). The lowest BCUT2D eigenvalue weighted by Gasteiger charge is -2.26. The van der Waals surface area contributed by atoms with Crippen molar-refractivity contribution in [2.45, 2.75) is 38.3 Å². The Morgan fingerprint density at radius 3 is 2.31 bits per heavy atom. The van der Waals surface area contributed by atoms with Gasteiger partial charge >= 0.3 is 0 Å². The number of rotatable bonds is 7. The zero-order chi connectivity index (χ0) is 20.5. The minimum absolute atomic E-state index is 0.0648. The van der Waals surface area contributed by atoms with Crippen molar-refractivity contribution in [3.8, 4) is 0 Å². The minimum Gasteiger partial charge on any atom is -0.377 e. The number of nitrogens with one attached hydrogen (secondary N) is 1. The van der Waals surface area contributed by atoms with E-state index in [1.807, 2.05) is 42.1 Å². The van der Waals surface area contributed by atoms with Crippen LogP contribution in [0.15, 0.2) is 42.5 Å². The lowest BCUT2D eigenvalue weighted by molar-refractivity contribution is -0.117. The van der Waals surface area contributed by atoms with Crippen LogP contribution in [0.2, 0.25) is 0 Å². The summed E-state index contributed by atoms with van der Waals surface area (Å²) in [6, 6.07) is 11.7. The van der Waals surface area contributed by atoms with Crippen molar-refractivity contribution in [1.29, 1.82) is 0 Å². The van der Waals surface area contributed by atoms with Gasteiger partial charge < -0.3 is 15.1 Å². The number of benzene rings is 2. The molecule has 0 radical (unpaired) electrons. The highest BCUT2D eigenvalue weighted by Crippen LogP contribution is 2.34. The van der Waals surface area contributed by atoms with E-state index in [0.717, 1.165) is 42.6 Å². The fourth-order valence-electron chi connectivity index (χ4n) is 3.51. The first-order valence-corrected chi connectivity index (χ1v) is 10.1. The van der Waals surface area contributed by atoms with Gasteiger partial charge in [0.1, 0.15) is 5.82 Å². The van der Waals surface area contributed by atoms with E-state index in [2.05, 4.69) is 5.32 Å². The average molecular weight is 395 g/mol. The molecular weight excluding hydrogens is 369 g/mol. The maximum absolute atomic E-state index is 13.3. The molecule has 1 N–H and O–H groups in total. The lowest BCUT2D eigenvalue weighted by atomic mass is 10.1. The van der Waals surface area contributed by atoms with Gasteiger partial charge in [-0.15, -0.1) is 0 Å². The normalized spacial score (nSPS) is 15.7. The Morgan fingerprint density at radius 2 is 1.72 bits per heavy atom. The molecule has 0 spiro atoms. The highest BCUT2D eigenvalue weighted by atomic mass is 19.1. The molecule has 6 heteroatoms. The molecule has 0 aromatic heterocycles. The molecule has 29 heavy (non-hydrogen) atoms. The van der Waals surface area contributed by atoms with Gasteiger partial charge in [0.25, 0.3) is 5.91 Å². The molecule has 0 heterocycles. The largest absolute Gasteiger partial charge is 0.377 e. The number of nitrogens with zero attached hydrogens (tertiary/aromatic N) is 2. The smallest absolute Gasteiger partial charge is 0.254 e. The molecule has 0 bridgehead atoms. The molecule has 0 atom stereocenters. The molecule has 2 aromatic carbocycles. The first-order valence-electron chi connectivity index (χ1n) is 10.1. The number of carbonyl (C=O) groups excluding carboxylic acids is 2. The van der Waals surface area contributed by atoms with Crippen molar-refractivity contribution in [2.75, 3.05) is 24.3 Å². The lowest BCUT2D eigenvalue weighted by Crippen LogP contribution is -2.33. The number of halogens is 1. The van der Waals surface area contributed by atoms with Crippen LogP contribution in [0.3, 0.4) is 0 Å². The van der Waals surface area contributed by atoms with E-state index in [1.54, 1.807) is 0 Å². The Hall–Kier alpha value is -2.89. The maximum Gasteiger partial charge on any atom is 0.254 e. The molecule has 2 amide bonds. The van der Waals surface area contributed by atoms with E-state index in [4.69, 9.17) is 0 Å². The molecule has 2 saturated carbocycles. The first-order chi connectivity index (χ1) is 13.9. The quantitative estimate of drug-likeness (QED) is 0.770. The Bertz CT molecular complexity index is 918. The second kappa shape index (κ2) is 7.85. The van der Waals surface area contributed by atoms with Crippen LogP contribution in [0, 0.1) is 11.7 Å². The predicted octanol–water partition coefficient (Wildman–Crippen LogP) is 4.05. The Labute approximate surface area is 170 Å². The molecule has 0 saturated heterocycles. The van der Waals surface area contributed by atoms with Crippen LogP contribution >= 0.6 is 0 Å². The van der Waals surface area contributed by atoms with E-state index in [0.29, 0.717) is 12.1 Å². The predicted molar refractivity (Wildman–Crippen MR) is 111 cm³/mol. The van der Waals surface area contributed by atoms with Crippen LogP contribution in [-0.4, -0.2) is 36.9 Å². The number of amides is 2. The van der Waals surface area contributed by atoms with Crippen molar-refractivity contribution < 1.29 is 14.0 Å². The molecule has 0 unspecified atom stereocenters. The second-order valence-electron chi connectivity index (χ2n) is 8.17. The number of anilines is 2. The highest BCUT2D eigenvalue weighted by molar-refractivity contribution is 5.95. The molecule has 2 aromatic rings. The maximum atomic E-state index is 13.3. The van der Waals surface area contributed by atoms with E-state index in [-0.39, 0.29) is 29.6 Å². The van der Waals surface area contributed by atoms with Gasteiger partial charge in [0.2, 0.25) is 5.91 Å². The van der Waals surface area contributed by atoms with E-state index in [1.165, 1.54) is 24.3 Å². The zero-order valence-corrected chi connectivity index (χ0v) is 16.8. The van der Waals surface area contributed by atoms with Crippen molar-refractivity contribution in [1.82, 2.24) is 4.90 Å². The summed E-state index contributed by atoms with van der Waals surface area (Å²) in [5.74, 6) is -0.247. The van der Waals surface area contributed by atoms with Crippen LogP contribution in [0.5, 0.6) is 0 Å². The SMILES string of the molecule is CN(C)c1ccc(NC(=O)C2CC2)cc1CN(C(=O)c1ccc(F)cc1)C1CC1. The second-order valence-corrected chi connectivity index (χ2v) is 8.17. The molecule has 0 aliphatic heterocycles. The zero-order valence-electron chi connectivity index (χ0n) is 16.8. The molecular formula is C23H26FN3O2.